The number of ether oxygens (including phenoxy) is 2. The van der Waals surface area contributed by atoms with Crippen LogP contribution >= 0.6 is 11.8 Å². The third-order valence-electron chi connectivity index (χ3n) is 4.84. The minimum atomic E-state index is 0.0232. The van der Waals surface area contributed by atoms with E-state index in [0.29, 0.717) is 31.4 Å². The second kappa shape index (κ2) is 12.1. The summed E-state index contributed by atoms with van der Waals surface area (Å²) in [5.74, 6) is 1.78. The Balaban J connectivity index is 1.72. The van der Waals surface area contributed by atoms with Crippen LogP contribution in [0.5, 0.6) is 5.75 Å². The molecule has 7 nitrogen and oxygen atoms in total. The lowest BCUT2D eigenvalue weighted by atomic mass is 10.2. The number of carbonyl (C=O) groups excluding carboxylic acids is 1. The molecule has 0 N–H and O–H groups in total. The van der Waals surface area contributed by atoms with E-state index in [4.69, 9.17) is 9.47 Å². The molecule has 32 heavy (non-hydrogen) atoms. The van der Waals surface area contributed by atoms with Crippen molar-refractivity contribution in [2.45, 2.75) is 18.2 Å². The molecule has 0 aliphatic heterocycles. The molecule has 1 amide bonds. The summed E-state index contributed by atoms with van der Waals surface area (Å²) in [6.07, 6.45) is 1.79. The van der Waals surface area contributed by atoms with Gasteiger partial charge in [-0.1, -0.05) is 48.2 Å². The first-order chi connectivity index (χ1) is 15.7. The molecule has 168 valence electrons. The highest BCUT2D eigenvalue weighted by Gasteiger charge is 2.18. The van der Waals surface area contributed by atoms with Gasteiger partial charge in [0, 0.05) is 32.3 Å². The Morgan fingerprint density at radius 1 is 1.12 bits per heavy atom. The molecule has 1 aromatic heterocycles. The van der Waals surface area contributed by atoms with E-state index < -0.39 is 0 Å². The van der Waals surface area contributed by atoms with Gasteiger partial charge in [0.15, 0.2) is 11.0 Å². The van der Waals surface area contributed by atoms with Crippen LogP contribution < -0.4 is 4.74 Å². The zero-order valence-corrected chi connectivity index (χ0v) is 19.3. The average molecular weight is 453 g/mol. The van der Waals surface area contributed by atoms with E-state index in [1.807, 2.05) is 64.1 Å². The molecule has 3 aromatic rings. The maximum atomic E-state index is 13.0. The summed E-state index contributed by atoms with van der Waals surface area (Å²) < 4.78 is 12.4. The molecule has 0 radical (unpaired) electrons. The minimum Gasteiger partial charge on any atom is -0.497 e. The quantitative estimate of drug-likeness (QED) is 0.307. The lowest BCUT2D eigenvalue weighted by molar-refractivity contribution is -0.129. The van der Waals surface area contributed by atoms with Gasteiger partial charge in [0.2, 0.25) is 5.91 Å². The van der Waals surface area contributed by atoms with Crippen molar-refractivity contribution >= 4 is 17.7 Å². The van der Waals surface area contributed by atoms with E-state index in [1.54, 1.807) is 20.3 Å². The van der Waals surface area contributed by atoms with Crippen molar-refractivity contribution in [3.05, 3.63) is 72.8 Å². The van der Waals surface area contributed by atoms with Gasteiger partial charge >= 0.3 is 0 Å². The Bertz CT molecular complexity index is 1010. The van der Waals surface area contributed by atoms with Gasteiger partial charge in [0.25, 0.3) is 0 Å². The molecule has 8 heteroatoms. The van der Waals surface area contributed by atoms with Gasteiger partial charge in [-0.05, 0) is 29.8 Å². The number of nitrogens with zero attached hydrogens (tertiary/aromatic N) is 4. The molecule has 0 spiro atoms. The summed E-state index contributed by atoms with van der Waals surface area (Å²) in [7, 11) is 3.27. The first-order valence-corrected chi connectivity index (χ1v) is 11.3. The predicted octanol–water partition coefficient (Wildman–Crippen LogP) is 3.91. The molecule has 3 rings (SSSR count). The van der Waals surface area contributed by atoms with Crippen LogP contribution in [-0.2, 0) is 22.6 Å². The second-order valence-corrected chi connectivity index (χ2v) is 7.96. The second-order valence-electron chi connectivity index (χ2n) is 7.02. The first-order valence-electron chi connectivity index (χ1n) is 10.3. The van der Waals surface area contributed by atoms with E-state index in [-0.39, 0.29) is 11.7 Å². The van der Waals surface area contributed by atoms with E-state index in [2.05, 4.69) is 16.8 Å². The van der Waals surface area contributed by atoms with Crippen LogP contribution in [0.15, 0.2) is 72.4 Å². The van der Waals surface area contributed by atoms with Crippen LogP contribution in [-0.4, -0.2) is 58.7 Å². The Labute approximate surface area is 193 Å². The molecule has 0 atom stereocenters. The number of benzene rings is 2. The van der Waals surface area contributed by atoms with Crippen molar-refractivity contribution in [3.63, 3.8) is 0 Å². The maximum absolute atomic E-state index is 13.0. The number of hydrogen-bond acceptors (Lipinski definition) is 6. The Morgan fingerprint density at radius 2 is 1.88 bits per heavy atom. The highest BCUT2D eigenvalue weighted by molar-refractivity contribution is 7.99. The van der Waals surface area contributed by atoms with Gasteiger partial charge in [-0.3, -0.25) is 9.36 Å². The maximum Gasteiger partial charge on any atom is 0.233 e. The van der Waals surface area contributed by atoms with Crippen molar-refractivity contribution in [2.75, 3.05) is 33.1 Å². The number of rotatable bonds is 12. The zero-order chi connectivity index (χ0) is 22.8. The lowest BCUT2D eigenvalue weighted by Gasteiger charge is -2.22. The molecular weight excluding hydrogens is 424 g/mol. The topological polar surface area (TPSA) is 69.5 Å². The van der Waals surface area contributed by atoms with Crippen LogP contribution in [0.2, 0.25) is 0 Å². The Hall–Kier alpha value is -3.10. The fourth-order valence-corrected chi connectivity index (χ4v) is 4.01. The summed E-state index contributed by atoms with van der Waals surface area (Å²) >= 11 is 1.38. The van der Waals surface area contributed by atoms with Gasteiger partial charge in [-0.15, -0.1) is 16.8 Å². The fraction of sp³-hybridized carbons (Fsp3) is 0.292. The highest BCUT2D eigenvalue weighted by atomic mass is 32.2. The minimum absolute atomic E-state index is 0.0232. The van der Waals surface area contributed by atoms with Crippen LogP contribution in [0.25, 0.3) is 11.4 Å². The number of methoxy groups -OCH3 is 2. The summed E-state index contributed by atoms with van der Waals surface area (Å²) in [6.45, 7) is 5.95. The number of aromatic nitrogens is 3. The average Bonchev–Trinajstić information content (AvgIpc) is 3.23. The van der Waals surface area contributed by atoms with Crippen molar-refractivity contribution < 1.29 is 14.3 Å². The third kappa shape index (κ3) is 6.21. The smallest absolute Gasteiger partial charge is 0.233 e. The summed E-state index contributed by atoms with van der Waals surface area (Å²) in [6, 6.07) is 17.6. The number of amides is 1. The van der Waals surface area contributed by atoms with Gasteiger partial charge in [0.1, 0.15) is 5.75 Å². The normalized spacial score (nSPS) is 10.7. The van der Waals surface area contributed by atoms with Crippen molar-refractivity contribution in [1.82, 2.24) is 19.7 Å². The van der Waals surface area contributed by atoms with Gasteiger partial charge < -0.3 is 14.4 Å². The van der Waals surface area contributed by atoms with E-state index in [9.17, 15) is 4.79 Å². The van der Waals surface area contributed by atoms with Crippen LogP contribution in [0.1, 0.15) is 5.56 Å². The van der Waals surface area contributed by atoms with Crippen LogP contribution in [0, 0.1) is 0 Å². The largest absolute Gasteiger partial charge is 0.497 e. The van der Waals surface area contributed by atoms with Crippen molar-refractivity contribution in [1.29, 1.82) is 0 Å². The van der Waals surface area contributed by atoms with Crippen LogP contribution in [0.3, 0.4) is 0 Å². The monoisotopic (exact) mass is 452 g/mol. The van der Waals surface area contributed by atoms with Gasteiger partial charge in [-0.25, -0.2) is 0 Å². The molecule has 0 fully saturated rings. The van der Waals surface area contributed by atoms with E-state index in [1.165, 1.54) is 11.8 Å². The molecule has 1 heterocycles. The number of carbonyl (C=O) groups is 1. The van der Waals surface area contributed by atoms with Crippen molar-refractivity contribution in [3.8, 4) is 17.1 Å². The van der Waals surface area contributed by atoms with Crippen LogP contribution in [0.4, 0.5) is 0 Å². The Kier molecular flexibility index (Phi) is 8.89. The first kappa shape index (κ1) is 23.6. The number of allylic oxidation sites excluding steroid dienone is 1. The zero-order valence-electron chi connectivity index (χ0n) is 18.4. The molecule has 0 aliphatic carbocycles. The fourth-order valence-electron chi connectivity index (χ4n) is 3.16. The standard InChI is InChI=1S/C24H28N4O3S/c1-4-14-28-23(20-10-12-21(31-3)13-11-20)25-26-24(28)32-18-22(29)27(15-16-30-2)17-19-8-6-5-7-9-19/h4-13H,1,14-18H2,2-3H3. The number of hydrogen-bond donors (Lipinski definition) is 0. The van der Waals surface area contributed by atoms with Gasteiger partial charge in [-0.2, -0.15) is 0 Å². The highest BCUT2D eigenvalue weighted by Crippen LogP contribution is 2.26. The molecule has 0 unspecified atom stereocenters. The molecule has 0 bridgehead atoms. The molecule has 0 aliphatic rings. The lowest BCUT2D eigenvalue weighted by Crippen LogP contribution is -2.34. The Morgan fingerprint density at radius 3 is 2.53 bits per heavy atom. The summed E-state index contributed by atoms with van der Waals surface area (Å²) in [5.41, 5.74) is 2.00. The van der Waals surface area contributed by atoms with Gasteiger partial charge in [0.05, 0.1) is 19.5 Å². The molecular formula is C24H28N4O3S. The third-order valence-corrected chi connectivity index (χ3v) is 5.79. The molecule has 2 aromatic carbocycles. The SMILES string of the molecule is C=CCn1c(SCC(=O)N(CCOC)Cc2ccccc2)nnc1-c1ccc(OC)cc1. The summed E-state index contributed by atoms with van der Waals surface area (Å²) in [5, 5.41) is 9.37. The molecule has 0 saturated heterocycles. The number of thioether (sulfide) groups is 1. The summed E-state index contributed by atoms with van der Waals surface area (Å²) in [4.78, 5) is 14.8. The van der Waals surface area contributed by atoms with Crippen molar-refractivity contribution in [2.24, 2.45) is 0 Å². The predicted molar refractivity (Wildman–Crippen MR) is 127 cm³/mol. The van der Waals surface area contributed by atoms with E-state index >= 15 is 0 Å². The molecule has 0 saturated carbocycles. The van der Waals surface area contributed by atoms with E-state index in [0.717, 1.165) is 22.7 Å².